The van der Waals surface area contributed by atoms with E-state index in [2.05, 4.69) is 244 Å². The van der Waals surface area contributed by atoms with Crippen LogP contribution in [-0.4, -0.2) is 13.7 Å². The van der Waals surface area contributed by atoms with E-state index in [4.69, 9.17) is 5.73 Å². The summed E-state index contributed by atoms with van der Waals surface area (Å²) in [6.07, 6.45) is 5.21. The molecule has 2 N–H and O–H groups in total. The summed E-state index contributed by atoms with van der Waals surface area (Å²) in [6.45, 7) is 0. The molecule has 0 aliphatic carbocycles. The second kappa shape index (κ2) is 15.0. The number of fused-ring (bicyclic) bond motifs is 9. The zero-order chi connectivity index (χ0) is 41.9. The maximum Gasteiger partial charge on any atom is 0.0541 e. The van der Waals surface area contributed by atoms with Crippen molar-refractivity contribution in [2.45, 2.75) is 6.42 Å². The van der Waals surface area contributed by atoms with Crippen LogP contribution in [0.25, 0.3) is 93.7 Å². The van der Waals surface area contributed by atoms with Gasteiger partial charge in [0.15, 0.2) is 0 Å². The molecule has 0 atom stereocenters. The summed E-state index contributed by atoms with van der Waals surface area (Å²) in [5, 5.41) is 7.46. The molecular weight excluding hydrogens is 765 g/mol. The predicted molar refractivity (Wildman–Crippen MR) is 266 cm³/mol. The molecule has 0 aliphatic rings. The van der Waals surface area contributed by atoms with Gasteiger partial charge in [-0.15, -0.1) is 0 Å². The van der Waals surface area contributed by atoms with Gasteiger partial charge in [0, 0.05) is 55.1 Å². The van der Waals surface area contributed by atoms with Gasteiger partial charge in [-0.25, -0.2) is 0 Å². The third-order valence-corrected chi connectivity index (χ3v) is 12.7. The molecule has 4 nitrogen and oxygen atoms in total. The predicted octanol–water partition coefficient (Wildman–Crippen LogP) is 14.6. The zero-order valence-electron chi connectivity index (χ0n) is 34.6. The van der Waals surface area contributed by atoms with Gasteiger partial charge < -0.3 is 19.4 Å². The maximum absolute atomic E-state index is 7.23. The molecule has 4 heteroatoms. The van der Waals surface area contributed by atoms with E-state index in [1.807, 2.05) is 0 Å². The van der Waals surface area contributed by atoms with Crippen molar-refractivity contribution in [3.8, 4) is 17.1 Å². The van der Waals surface area contributed by atoms with E-state index in [0.29, 0.717) is 12.1 Å². The van der Waals surface area contributed by atoms with Crippen LogP contribution in [0.3, 0.4) is 0 Å². The van der Waals surface area contributed by atoms with Crippen molar-refractivity contribution in [3.63, 3.8) is 0 Å². The van der Waals surface area contributed by atoms with Crippen LogP contribution in [-0.2, 0) is 6.42 Å². The number of rotatable bonds is 8. The first-order valence-electron chi connectivity index (χ1n) is 21.6. The standard InChI is InChI=1S/C59H42N4/c60-53(43-18-15-21-46(38-43)63-58-32-11-5-26-51(58)52-27-6-12-33-59(52)63)39-42(41-17-14-20-45(37-41)62-56-30-9-3-24-49(56)50-25-4-10-31-57(50)62)35-34-40-16-13-19-44(36-40)61-54-28-7-1-22-47(54)48-23-2-8-29-55(48)61/h1-33,35-39H,34,60H2/b42-35+,53-39-. The van der Waals surface area contributed by atoms with Crippen molar-refractivity contribution >= 4 is 76.7 Å². The van der Waals surface area contributed by atoms with Gasteiger partial charge in [-0.05, 0) is 108 Å². The van der Waals surface area contributed by atoms with Crippen LogP contribution >= 0.6 is 0 Å². The molecule has 0 aliphatic heterocycles. The summed E-state index contributed by atoms with van der Waals surface area (Å²) in [5.41, 5.74) is 22.7. The molecule has 0 spiro atoms. The van der Waals surface area contributed by atoms with Gasteiger partial charge in [0.05, 0.1) is 33.1 Å². The van der Waals surface area contributed by atoms with Crippen molar-refractivity contribution in [2.24, 2.45) is 5.73 Å². The van der Waals surface area contributed by atoms with Gasteiger partial charge in [0.2, 0.25) is 0 Å². The highest BCUT2D eigenvalue weighted by atomic mass is 15.0. The Morgan fingerprint density at radius 3 is 1.10 bits per heavy atom. The third-order valence-electron chi connectivity index (χ3n) is 12.7. The lowest BCUT2D eigenvalue weighted by atomic mass is 9.99. The Morgan fingerprint density at radius 2 is 0.683 bits per heavy atom. The first-order valence-corrected chi connectivity index (χ1v) is 21.6. The third kappa shape index (κ3) is 6.14. The number of benzene rings is 9. The average molecular weight is 807 g/mol. The van der Waals surface area contributed by atoms with Crippen molar-refractivity contribution in [3.05, 3.63) is 247 Å². The van der Waals surface area contributed by atoms with E-state index in [1.54, 1.807) is 0 Å². The second-order valence-corrected chi connectivity index (χ2v) is 16.3. The molecule has 0 saturated carbocycles. The Morgan fingerprint density at radius 1 is 0.349 bits per heavy atom. The molecule has 0 radical (unpaired) electrons. The molecule has 9 aromatic carbocycles. The van der Waals surface area contributed by atoms with Gasteiger partial charge in [0.25, 0.3) is 0 Å². The SMILES string of the molecule is N/C(=C\C(=C/Cc1cccc(-n2c3ccccc3c3ccccc32)c1)c1cccc(-n2c3ccccc3c3ccccc32)c1)c1cccc(-n2c3ccccc3c3ccccc32)c1. The van der Waals surface area contributed by atoms with Gasteiger partial charge in [-0.2, -0.15) is 0 Å². The molecule has 298 valence electrons. The van der Waals surface area contributed by atoms with E-state index < -0.39 is 0 Å². The Kier molecular flexibility index (Phi) is 8.68. The van der Waals surface area contributed by atoms with E-state index in [0.717, 1.165) is 33.8 Å². The smallest absolute Gasteiger partial charge is 0.0541 e. The highest BCUT2D eigenvalue weighted by Crippen LogP contribution is 2.36. The lowest BCUT2D eigenvalue weighted by Gasteiger charge is -2.13. The Balaban J connectivity index is 0.988. The number of nitrogens with zero attached hydrogens (tertiary/aromatic N) is 3. The van der Waals surface area contributed by atoms with Gasteiger partial charge in [-0.1, -0.05) is 152 Å². The molecule has 0 saturated heterocycles. The Labute approximate surface area is 365 Å². The van der Waals surface area contributed by atoms with Crippen molar-refractivity contribution in [2.75, 3.05) is 0 Å². The van der Waals surface area contributed by atoms with Crippen LogP contribution in [0.4, 0.5) is 0 Å². The summed E-state index contributed by atoms with van der Waals surface area (Å²) < 4.78 is 7.11. The van der Waals surface area contributed by atoms with E-state index in [1.165, 1.54) is 71.0 Å². The monoisotopic (exact) mass is 806 g/mol. The summed E-state index contributed by atoms with van der Waals surface area (Å²) in [7, 11) is 0. The average Bonchev–Trinajstić information content (AvgIpc) is 3.99. The first kappa shape index (κ1) is 36.5. The molecule has 0 fully saturated rings. The van der Waals surface area contributed by atoms with Crippen LogP contribution < -0.4 is 5.73 Å². The minimum atomic E-state index is 0.699. The number of hydrogen-bond donors (Lipinski definition) is 1. The lowest BCUT2D eigenvalue weighted by molar-refractivity contribution is 1.15. The van der Waals surface area contributed by atoms with Crippen molar-refractivity contribution in [1.82, 2.24) is 13.7 Å². The molecule has 63 heavy (non-hydrogen) atoms. The minimum Gasteiger partial charge on any atom is -0.398 e. The van der Waals surface area contributed by atoms with Crippen molar-refractivity contribution < 1.29 is 0 Å². The van der Waals surface area contributed by atoms with Gasteiger partial charge >= 0.3 is 0 Å². The number of nitrogens with two attached hydrogens (primary N) is 1. The van der Waals surface area contributed by atoms with Crippen LogP contribution in [0.1, 0.15) is 16.7 Å². The fraction of sp³-hybridized carbons (Fsp3) is 0.0169. The largest absolute Gasteiger partial charge is 0.398 e. The van der Waals surface area contributed by atoms with E-state index >= 15 is 0 Å². The molecule has 0 amide bonds. The quantitative estimate of drug-likeness (QED) is 0.153. The van der Waals surface area contributed by atoms with E-state index in [9.17, 15) is 0 Å². The highest BCUT2D eigenvalue weighted by molar-refractivity contribution is 6.11. The molecule has 0 bridgehead atoms. The zero-order valence-corrected chi connectivity index (χ0v) is 34.6. The number of allylic oxidation sites excluding steroid dienone is 3. The number of aromatic nitrogens is 3. The van der Waals surface area contributed by atoms with Gasteiger partial charge in [0.1, 0.15) is 0 Å². The Bertz CT molecular complexity index is 3630. The number of hydrogen-bond acceptors (Lipinski definition) is 1. The minimum absolute atomic E-state index is 0.699. The van der Waals surface area contributed by atoms with Crippen LogP contribution in [0.2, 0.25) is 0 Å². The normalized spacial score (nSPS) is 12.4. The fourth-order valence-corrected chi connectivity index (χ4v) is 9.81. The summed E-state index contributed by atoms with van der Waals surface area (Å²) in [6, 6.07) is 78.4. The molecule has 0 unspecified atom stereocenters. The summed E-state index contributed by atoms with van der Waals surface area (Å²) >= 11 is 0. The molecular formula is C59H42N4. The molecule has 12 aromatic rings. The van der Waals surface area contributed by atoms with Crippen molar-refractivity contribution in [1.29, 1.82) is 0 Å². The van der Waals surface area contributed by atoms with Gasteiger partial charge in [-0.3, -0.25) is 0 Å². The van der Waals surface area contributed by atoms with Crippen LogP contribution in [0.5, 0.6) is 0 Å². The Hall–Kier alpha value is -8.34. The van der Waals surface area contributed by atoms with E-state index in [-0.39, 0.29) is 0 Å². The topological polar surface area (TPSA) is 40.8 Å². The van der Waals surface area contributed by atoms with Crippen LogP contribution in [0.15, 0.2) is 231 Å². The molecule has 3 aromatic heterocycles. The molecule has 12 rings (SSSR count). The number of para-hydroxylation sites is 6. The lowest BCUT2D eigenvalue weighted by Crippen LogP contribution is -2.01. The second-order valence-electron chi connectivity index (χ2n) is 16.3. The maximum atomic E-state index is 7.23. The fourth-order valence-electron chi connectivity index (χ4n) is 9.81. The first-order chi connectivity index (χ1) is 31.2. The summed E-state index contributed by atoms with van der Waals surface area (Å²) in [5.74, 6) is 0. The molecule has 3 heterocycles. The summed E-state index contributed by atoms with van der Waals surface area (Å²) in [4.78, 5) is 0. The highest BCUT2D eigenvalue weighted by Gasteiger charge is 2.16. The van der Waals surface area contributed by atoms with Crippen LogP contribution in [0, 0.1) is 0 Å².